The minimum absolute atomic E-state index is 0.0346. The highest BCUT2D eigenvalue weighted by atomic mass is 79.9. The highest BCUT2D eigenvalue weighted by molar-refractivity contribution is 9.10. The molecule has 1 aliphatic heterocycles. The third-order valence-corrected chi connectivity index (χ3v) is 4.01. The highest BCUT2D eigenvalue weighted by Gasteiger charge is 2.27. The van der Waals surface area contributed by atoms with E-state index in [9.17, 15) is 9.59 Å². The van der Waals surface area contributed by atoms with Gasteiger partial charge in [0.25, 0.3) is 0 Å². The van der Waals surface area contributed by atoms with Crippen LogP contribution in [0.4, 0.5) is 0 Å². The van der Waals surface area contributed by atoms with E-state index in [0.717, 1.165) is 17.3 Å². The Bertz CT molecular complexity index is 487. The lowest BCUT2D eigenvalue weighted by atomic mass is 10.1. The number of hydrogen-bond acceptors (Lipinski definition) is 2. The lowest BCUT2D eigenvalue weighted by Gasteiger charge is -2.17. The van der Waals surface area contributed by atoms with Crippen LogP contribution in [0.2, 0.25) is 0 Å². The molecule has 1 fully saturated rings. The second-order valence-corrected chi connectivity index (χ2v) is 6.15. The molecule has 1 aliphatic rings. The van der Waals surface area contributed by atoms with E-state index < -0.39 is 0 Å². The normalized spacial score (nSPS) is 19.5. The maximum Gasteiger partial charge on any atom is 0.242 e. The van der Waals surface area contributed by atoms with Gasteiger partial charge in [0.05, 0.1) is 0 Å². The molecule has 1 aromatic rings. The molecule has 20 heavy (non-hydrogen) atoms. The predicted octanol–water partition coefficient (Wildman–Crippen LogP) is 2.16. The monoisotopic (exact) mass is 338 g/mol. The molecule has 0 radical (unpaired) electrons. The van der Waals surface area contributed by atoms with Gasteiger partial charge in [0.1, 0.15) is 6.04 Å². The predicted molar refractivity (Wildman–Crippen MR) is 81.2 cm³/mol. The molecule has 2 atom stereocenters. The first-order valence-electron chi connectivity index (χ1n) is 6.89. The van der Waals surface area contributed by atoms with Crippen molar-refractivity contribution in [1.29, 1.82) is 0 Å². The van der Waals surface area contributed by atoms with Gasteiger partial charge >= 0.3 is 0 Å². The molecule has 2 N–H and O–H groups in total. The summed E-state index contributed by atoms with van der Waals surface area (Å²) in [4.78, 5) is 23.0. The van der Waals surface area contributed by atoms with Gasteiger partial charge in [-0.25, -0.2) is 0 Å². The maximum absolute atomic E-state index is 11.9. The first-order chi connectivity index (χ1) is 9.54. The van der Waals surface area contributed by atoms with Crippen molar-refractivity contribution in [2.75, 3.05) is 0 Å². The molecule has 0 unspecified atom stereocenters. The van der Waals surface area contributed by atoms with E-state index in [4.69, 9.17) is 0 Å². The van der Waals surface area contributed by atoms with Gasteiger partial charge in [0, 0.05) is 16.9 Å². The summed E-state index contributed by atoms with van der Waals surface area (Å²) in [6.45, 7) is 1.99. The van der Waals surface area contributed by atoms with E-state index in [0.29, 0.717) is 12.8 Å². The van der Waals surface area contributed by atoms with E-state index >= 15 is 0 Å². The zero-order valence-electron chi connectivity index (χ0n) is 11.5. The molecule has 2 rings (SSSR count). The van der Waals surface area contributed by atoms with Crippen LogP contribution < -0.4 is 10.6 Å². The summed E-state index contributed by atoms with van der Waals surface area (Å²) in [6, 6.07) is 7.95. The lowest BCUT2D eigenvalue weighted by molar-refractivity contribution is -0.126. The number of halogens is 1. The number of aryl methyl sites for hydroxylation is 1. The Labute approximate surface area is 127 Å². The van der Waals surface area contributed by atoms with Crippen LogP contribution in [-0.2, 0) is 16.0 Å². The summed E-state index contributed by atoms with van der Waals surface area (Å²) >= 11 is 3.41. The Balaban J connectivity index is 1.74. The fourth-order valence-electron chi connectivity index (χ4n) is 2.26. The fraction of sp³-hybridized carbons (Fsp3) is 0.467. The SMILES string of the molecule is C[C@@H](CCc1ccc(Br)cc1)NC(=O)[C@H]1CCC(=O)N1. The first kappa shape index (κ1) is 15.0. The van der Waals surface area contributed by atoms with Crippen LogP contribution in [0, 0.1) is 0 Å². The molecule has 0 aromatic heterocycles. The zero-order chi connectivity index (χ0) is 14.5. The van der Waals surface area contributed by atoms with E-state index in [2.05, 4.69) is 38.7 Å². The largest absolute Gasteiger partial charge is 0.352 e. The van der Waals surface area contributed by atoms with Gasteiger partial charge in [-0.15, -0.1) is 0 Å². The summed E-state index contributed by atoms with van der Waals surface area (Å²) < 4.78 is 1.07. The van der Waals surface area contributed by atoms with Crippen molar-refractivity contribution in [3.05, 3.63) is 34.3 Å². The number of carbonyl (C=O) groups excluding carboxylic acids is 2. The summed E-state index contributed by atoms with van der Waals surface area (Å²) in [5.74, 6) is -0.105. The fourth-order valence-corrected chi connectivity index (χ4v) is 2.52. The summed E-state index contributed by atoms with van der Waals surface area (Å²) in [7, 11) is 0. The quantitative estimate of drug-likeness (QED) is 0.864. The summed E-state index contributed by atoms with van der Waals surface area (Å²) in [6.07, 6.45) is 2.86. The summed E-state index contributed by atoms with van der Waals surface area (Å²) in [5, 5.41) is 5.64. The van der Waals surface area contributed by atoms with Gasteiger partial charge in [-0.05, 0) is 43.9 Å². The third kappa shape index (κ3) is 4.34. The minimum atomic E-state index is -0.349. The third-order valence-electron chi connectivity index (χ3n) is 3.48. The van der Waals surface area contributed by atoms with Crippen LogP contribution >= 0.6 is 15.9 Å². The Morgan fingerprint density at radius 1 is 1.45 bits per heavy atom. The zero-order valence-corrected chi connectivity index (χ0v) is 13.1. The second-order valence-electron chi connectivity index (χ2n) is 5.23. The number of benzene rings is 1. The van der Waals surface area contributed by atoms with Gasteiger partial charge in [-0.1, -0.05) is 28.1 Å². The van der Waals surface area contributed by atoms with E-state index in [1.807, 2.05) is 19.1 Å². The number of carbonyl (C=O) groups is 2. The maximum atomic E-state index is 11.9. The highest BCUT2D eigenvalue weighted by Crippen LogP contribution is 2.13. The molecule has 108 valence electrons. The molecule has 0 aliphatic carbocycles. The average molecular weight is 339 g/mol. The average Bonchev–Trinajstić information content (AvgIpc) is 2.85. The van der Waals surface area contributed by atoms with Gasteiger partial charge in [-0.2, -0.15) is 0 Å². The number of nitrogens with one attached hydrogen (secondary N) is 2. The van der Waals surface area contributed by atoms with Crippen LogP contribution in [0.1, 0.15) is 31.7 Å². The molecule has 2 amide bonds. The number of hydrogen-bond donors (Lipinski definition) is 2. The van der Waals surface area contributed by atoms with E-state index in [1.165, 1.54) is 5.56 Å². The lowest BCUT2D eigenvalue weighted by Crippen LogP contribution is -2.45. The Morgan fingerprint density at radius 2 is 2.15 bits per heavy atom. The van der Waals surface area contributed by atoms with Crippen LogP contribution in [0.5, 0.6) is 0 Å². The number of rotatable bonds is 5. The number of amides is 2. The van der Waals surface area contributed by atoms with Crippen molar-refractivity contribution in [2.45, 2.75) is 44.7 Å². The van der Waals surface area contributed by atoms with Gasteiger partial charge in [-0.3, -0.25) is 9.59 Å². The van der Waals surface area contributed by atoms with E-state index in [1.54, 1.807) is 0 Å². The second kappa shape index (κ2) is 6.88. The van der Waals surface area contributed by atoms with Crippen molar-refractivity contribution in [1.82, 2.24) is 10.6 Å². The van der Waals surface area contributed by atoms with Crippen molar-refractivity contribution < 1.29 is 9.59 Å². The van der Waals surface area contributed by atoms with Crippen LogP contribution in [0.3, 0.4) is 0 Å². The van der Waals surface area contributed by atoms with Crippen molar-refractivity contribution in [3.8, 4) is 0 Å². The summed E-state index contributed by atoms with van der Waals surface area (Å²) in [5.41, 5.74) is 1.25. The van der Waals surface area contributed by atoms with Crippen LogP contribution in [0.25, 0.3) is 0 Å². The Morgan fingerprint density at radius 3 is 2.75 bits per heavy atom. The molecule has 1 aromatic carbocycles. The van der Waals surface area contributed by atoms with Crippen LogP contribution in [0.15, 0.2) is 28.7 Å². The molecule has 0 spiro atoms. The van der Waals surface area contributed by atoms with Gasteiger partial charge < -0.3 is 10.6 Å². The molecule has 0 bridgehead atoms. The van der Waals surface area contributed by atoms with Gasteiger partial charge in [0.2, 0.25) is 11.8 Å². The van der Waals surface area contributed by atoms with Crippen molar-refractivity contribution in [3.63, 3.8) is 0 Å². The molecular formula is C15H19BrN2O2. The molecule has 0 saturated carbocycles. The smallest absolute Gasteiger partial charge is 0.242 e. The molecule has 1 heterocycles. The topological polar surface area (TPSA) is 58.2 Å². The minimum Gasteiger partial charge on any atom is -0.352 e. The molecule has 4 nitrogen and oxygen atoms in total. The Hall–Kier alpha value is -1.36. The molecule has 5 heteroatoms. The van der Waals surface area contributed by atoms with Crippen molar-refractivity contribution in [2.24, 2.45) is 0 Å². The van der Waals surface area contributed by atoms with Crippen molar-refractivity contribution >= 4 is 27.7 Å². The van der Waals surface area contributed by atoms with E-state index in [-0.39, 0.29) is 23.9 Å². The van der Waals surface area contributed by atoms with Crippen LogP contribution in [-0.4, -0.2) is 23.9 Å². The standard InChI is InChI=1S/C15H19BrN2O2/c1-10(2-3-11-4-6-12(16)7-5-11)17-15(20)13-8-9-14(19)18-13/h4-7,10,13H,2-3,8-9H2,1H3,(H,17,20)(H,18,19)/t10-,13+/m0/s1. The first-order valence-corrected chi connectivity index (χ1v) is 7.68. The molecule has 1 saturated heterocycles. The van der Waals surface area contributed by atoms with Gasteiger partial charge in [0.15, 0.2) is 0 Å². The molecular weight excluding hydrogens is 320 g/mol. The Kier molecular flexibility index (Phi) is 5.17.